The summed E-state index contributed by atoms with van der Waals surface area (Å²) in [5.41, 5.74) is 1.24. The van der Waals surface area contributed by atoms with Crippen molar-refractivity contribution in [2.24, 2.45) is 0 Å². The van der Waals surface area contributed by atoms with Crippen molar-refractivity contribution in [2.75, 3.05) is 45.9 Å². The number of hydrogen-bond acceptors (Lipinski definition) is 4. The molecule has 0 radical (unpaired) electrons. The van der Waals surface area contributed by atoms with Crippen LogP contribution in [0.15, 0.2) is 30.3 Å². The average molecular weight is 402 g/mol. The summed E-state index contributed by atoms with van der Waals surface area (Å²) in [7, 11) is 0. The van der Waals surface area contributed by atoms with Crippen molar-refractivity contribution < 1.29 is 19.4 Å². The largest absolute Gasteiger partial charge is 0.465 e. The second-order valence-electron chi connectivity index (χ2n) is 8.33. The second-order valence-corrected chi connectivity index (χ2v) is 8.33. The molecule has 2 saturated heterocycles. The summed E-state index contributed by atoms with van der Waals surface area (Å²) in [5.74, 6) is 0.530. The first-order valence-electron chi connectivity index (χ1n) is 10.8. The van der Waals surface area contributed by atoms with Gasteiger partial charge in [0.25, 0.3) is 0 Å². The van der Waals surface area contributed by atoms with Gasteiger partial charge in [-0.3, -0.25) is 4.79 Å². The molecule has 7 heteroatoms. The molecule has 4 rings (SSSR count). The standard InChI is InChI=1S/C22H31N3O4/c26-21(24-12-14-29-15-13-24)8-11-23-9-6-18(7-10-23)25(22(27)28)20-16-19(20)17-4-2-1-3-5-17/h1-5,18-20H,6-16H2,(H,27,28)/t19-,20+/m0/s1. The first kappa shape index (κ1) is 20.2. The Kier molecular flexibility index (Phi) is 6.35. The van der Waals surface area contributed by atoms with Gasteiger partial charge in [-0.1, -0.05) is 30.3 Å². The van der Waals surface area contributed by atoms with Gasteiger partial charge in [0.1, 0.15) is 0 Å². The lowest BCUT2D eigenvalue weighted by atomic mass is 10.0. The number of carbonyl (C=O) groups excluding carboxylic acids is 1. The molecule has 7 nitrogen and oxygen atoms in total. The zero-order chi connectivity index (χ0) is 20.2. The predicted octanol–water partition coefficient (Wildman–Crippen LogP) is 2.24. The molecule has 0 spiro atoms. The van der Waals surface area contributed by atoms with Crippen LogP contribution in [0.1, 0.15) is 37.2 Å². The molecule has 1 aromatic rings. The van der Waals surface area contributed by atoms with E-state index < -0.39 is 6.09 Å². The summed E-state index contributed by atoms with van der Waals surface area (Å²) in [6.45, 7) is 5.12. The van der Waals surface area contributed by atoms with E-state index in [1.54, 1.807) is 4.90 Å². The van der Waals surface area contributed by atoms with E-state index in [1.165, 1.54) is 5.56 Å². The smallest absolute Gasteiger partial charge is 0.407 e. The fraction of sp³-hybridized carbons (Fsp3) is 0.636. The number of nitrogens with zero attached hydrogens (tertiary/aromatic N) is 3. The van der Waals surface area contributed by atoms with E-state index in [9.17, 15) is 14.7 Å². The van der Waals surface area contributed by atoms with Crippen molar-refractivity contribution in [3.05, 3.63) is 35.9 Å². The van der Waals surface area contributed by atoms with Crippen LogP contribution in [0.25, 0.3) is 0 Å². The monoisotopic (exact) mass is 401 g/mol. The van der Waals surface area contributed by atoms with Gasteiger partial charge >= 0.3 is 6.09 Å². The number of carbonyl (C=O) groups is 2. The van der Waals surface area contributed by atoms with Gasteiger partial charge in [0.2, 0.25) is 5.91 Å². The van der Waals surface area contributed by atoms with E-state index >= 15 is 0 Å². The Morgan fingerprint density at radius 3 is 2.41 bits per heavy atom. The van der Waals surface area contributed by atoms with Crippen LogP contribution in [0.5, 0.6) is 0 Å². The number of likely N-dealkylation sites (tertiary alicyclic amines) is 1. The van der Waals surface area contributed by atoms with Crippen LogP contribution in [0.4, 0.5) is 4.79 Å². The summed E-state index contributed by atoms with van der Waals surface area (Å²) in [6.07, 6.45) is 2.34. The molecule has 1 aliphatic carbocycles. The number of benzene rings is 1. The lowest BCUT2D eigenvalue weighted by molar-refractivity contribution is -0.135. The van der Waals surface area contributed by atoms with Crippen LogP contribution in [0.3, 0.4) is 0 Å². The molecule has 158 valence electrons. The fourth-order valence-electron chi connectivity index (χ4n) is 4.76. The van der Waals surface area contributed by atoms with Crippen LogP contribution in [-0.4, -0.2) is 89.8 Å². The molecule has 0 unspecified atom stereocenters. The molecule has 1 aromatic carbocycles. The quantitative estimate of drug-likeness (QED) is 0.791. The molecule has 2 atom stereocenters. The molecule has 29 heavy (non-hydrogen) atoms. The Morgan fingerprint density at radius 2 is 1.76 bits per heavy atom. The first-order valence-corrected chi connectivity index (χ1v) is 10.8. The highest BCUT2D eigenvalue weighted by Crippen LogP contribution is 2.46. The zero-order valence-corrected chi connectivity index (χ0v) is 16.9. The van der Waals surface area contributed by atoms with Crippen molar-refractivity contribution in [3.63, 3.8) is 0 Å². The van der Waals surface area contributed by atoms with Gasteiger partial charge in [0, 0.05) is 57.1 Å². The SMILES string of the molecule is O=C(CCN1CCC(N(C(=O)O)[C@@H]2C[C@H]2c2ccccc2)CC1)N1CCOCC1. The number of rotatable bonds is 6. The van der Waals surface area contributed by atoms with E-state index in [4.69, 9.17) is 4.74 Å². The lowest BCUT2D eigenvalue weighted by Crippen LogP contribution is -2.49. The highest BCUT2D eigenvalue weighted by molar-refractivity contribution is 5.76. The summed E-state index contributed by atoms with van der Waals surface area (Å²) >= 11 is 0. The Hall–Kier alpha value is -2.12. The fourth-order valence-corrected chi connectivity index (χ4v) is 4.76. The number of hydrogen-bond donors (Lipinski definition) is 1. The molecule has 2 heterocycles. The number of amides is 2. The average Bonchev–Trinajstić information content (AvgIpc) is 3.54. The number of morpholine rings is 1. The predicted molar refractivity (Wildman–Crippen MR) is 109 cm³/mol. The lowest BCUT2D eigenvalue weighted by Gasteiger charge is -2.38. The molecule has 1 N–H and O–H groups in total. The summed E-state index contributed by atoms with van der Waals surface area (Å²) in [4.78, 5) is 30.2. The van der Waals surface area contributed by atoms with E-state index in [2.05, 4.69) is 17.0 Å². The van der Waals surface area contributed by atoms with Crippen molar-refractivity contribution in [2.45, 2.75) is 43.7 Å². The first-order chi connectivity index (χ1) is 14.1. The molecular formula is C22H31N3O4. The van der Waals surface area contributed by atoms with Crippen molar-refractivity contribution in [1.29, 1.82) is 0 Å². The normalized spacial score (nSPS) is 25.6. The van der Waals surface area contributed by atoms with E-state index in [1.807, 2.05) is 23.1 Å². The van der Waals surface area contributed by atoms with E-state index in [-0.39, 0.29) is 18.0 Å². The van der Waals surface area contributed by atoms with Gasteiger partial charge in [0.15, 0.2) is 0 Å². The van der Waals surface area contributed by atoms with Gasteiger partial charge < -0.3 is 24.5 Å². The topological polar surface area (TPSA) is 73.3 Å². The Balaban J connectivity index is 1.24. The molecule has 2 amide bonds. The van der Waals surface area contributed by atoms with Crippen molar-refractivity contribution >= 4 is 12.0 Å². The summed E-state index contributed by atoms with van der Waals surface area (Å²) in [6, 6.07) is 10.4. The Morgan fingerprint density at radius 1 is 1.07 bits per heavy atom. The Labute approximate surface area is 172 Å². The van der Waals surface area contributed by atoms with Crippen LogP contribution in [-0.2, 0) is 9.53 Å². The van der Waals surface area contributed by atoms with E-state index in [0.717, 1.165) is 38.9 Å². The molecule has 2 aliphatic heterocycles. The molecule has 3 aliphatic rings. The van der Waals surface area contributed by atoms with Gasteiger partial charge in [-0.05, 0) is 24.8 Å². The van der Waals surface area contributed by atoms with Crippen molar-refractivity contribution in [1.82, 2.24) is 14.7 Å². The number of carboxylic acid groups (broad SMARTS) is 1. The van der Waals surface area contributed by atoms with Gasteiger partial charge in [-0.25, -0.2) is 4.79 Å². The number of ether oxygens (including phenoxy) is 1. The van der Waals surface area contributed by atoms with Gasteiger partial charge in [-0.2, -0.15) is 0 Å². The van der Waals surface area contributed by atoms with Gasteiger partial charge in [0.05, 0.1) is 13.2 Å². The highest BCUT2D eigenvalue weighted by Gasteiger charge is 2.47. The third-order valence-electron chi connectivity index (χ3n) is 6.52. The maximum atomic E-state index is 12.3. The maximum Gasteiger partial charge on any atom is 0.407 e. The van der Waals surface area contributed by atoms with Crippen LogP contribution < -0.4 is 0 Å². The van der Waals surface area contributed by atoms with Crippen molar-refractivity contribution in [3.8, 4) is 0 Å². The minimum absolute atomic E-state index is 0.0809. The maximum absolute atomic E-state index is 12.3. The number of piperidine rings is 1. The third kappa shape index (κ3) is 4.90. The van der Waals surface area contributed by atoms with Gasteiger partial charge in [-0.15, -0.1) is 0 Å². The molecule has 3 fully saturated rings. The minimum atomic E-state index is -0.797. The Bertz CT molecular complexity index is 699. The molecule has 0 bridgehead atoms. The van der Waals surface area contributed by atoms with E-state index in [0.29, 0.717) is 38.6 Å². The third-order valence-corrected chi connectivity index (χ3v) is 6.52. The molecular weight excluding hydrogens is 370 g/mol. The highest BCUT2D eigenvalue weighted by atomic mass is 16.5. The minimum Gasteiger partial charge on any atom is -0.465 e. The summed E-state index contributed by atoms with van der Waals surface area (Å²) < 4.78 is 5.30. The van der Waals surface area contributed by atoms with Crippen LogP contribution >= 0.6 is 0 Å². The molecule has 1 saturated carbocycles. The van der Waals surface area contributed by atoms with Crippen LogP contribution in [0.2, 0.25) is 0 Å². The molecule has 0 aromatic heterocycles. The zero-order valence-electron chi connectivity index (χ0n) is 16.9. The van der Waals surface area contributed by atoms with Crippen LogP contribution in [0, 0.1) is 0 Å². The second kappa shape index (κ2) is 9.13. The summed E-state index contributed by atoms with van der Waals surface area (Å²) in [5, 5.41) is 9.84.